The van der Waals surface area contributed by atoms with Crippen molar-refractivity contribution in [2.24, 2.45) is 4.99 Å². The van der Waals surface area contributed by atoms with Gasteiger partial charge in [-0.1, -0.05) is 45.5 Å². The quantitative estimate of drug-likeness (QED) is 0.278. The van der Waals surface area contributed by atoms with Crippen molar-refractivity contribution in [1.29, 1.82) is 0 Å². The van der Waals surface area contributed by atoms with Gasteiger partial charge in [-0.2, -0.15) is 0 Å². The van der Waals surface area contributed by atoms with E-state index in [2.05, 4.69) is 52.5 Å². The van der Waals surface area contributed by atoms with E-state index in [1.807, 2.05) is 63.2 Å². The summed E-state index contributed by atoms with van der Waals surface area (Å²) in [5, 5.41) is 0. The molecule has 212 valence electrons. The number of hydrogen-bond acceptors (Lipinski definition) is 5. The van der Waals surface area contributed by atoms with Gasteiger partial charge in [0.25, 0.3) is 11.5 Å². The third-order valence-corrected chi connectivity index (χ3v) is 9.09. The first-order chi connectivity index (χ1) is 19.7. The van der Waals surface area contributed by atoms with E-state index in [1.54, 1.807) is 16.6 Å². The van der Waals surface area contributed by atoms with E-state index in [-0.39, 0.29) is 11.5 Å². The van der Waals surface area contributed by atoms with E-state index in [0.29, 0.717) is 39.4 Å². The highest BCUT2D eigenvalue weighted by molar-refractivity contribution is 9.10. The summed E-state index contributed by atoms with van der Waals surface area (Å²) in [5.74, 6) is 0.490. The molecule has 2 aromatic carbocycles. The highest BCUT2D eigenvalue weighted by Crippen LogP contribution is 2.36. The van der Waals surface area contributed by atoms with Crippen molar-refractivity contribution in [3.8, 4) is 11.4 Å². The maximum atomic E-state index is 14.2. The first-order valence-corrected chi connectivity index (χ1v) is 15.2. The Morgan fingerprint density at radius 2 is 1.78 bits per heavy atom. The lowest BCUT2D eigenvalue weighted by molar-refractivity contribution is -0.127. The van der Waals surface area contributed by atoms with E-state index in [9.17, 15) is 9.59 Å². The molecule has 0 radical (unpaired) electrons. The number of benzene rings is 2. The van der Waals surface area contributed by atoms with Gasteiger partial charge in [0, 0.05) is 40.2 Å². The number of carbonyl (C=O) groups is 1. The van der Waals surface area contributed by atoms with Crippen LogP contribution in [0.3, 0.4) is 0 Å². The number of halogens is 1. The van der Waals surface area contributed by atoms with Crippen LogP contribution < -0.4 is 19.6 Å². The lowest BCUT2D eigenvalue weighted by Gasteiger charge is -2.29. The molecule has 4 aromatic rings. The number of ether oxygens (including phenoxy) is 1. The van der Waals surface area contributed by atoms with Gasteiger partial charge in [-0.3, -0.25) is 14.2 Å². The molecule has 1 aliphatic rings. The van der Waals surface area contributed by atoms with Gasteiger partial charge >= 0.3 is 0 Å². The summed E-state index contributed by atoms with van der Waals surface area (Å²) < 4.78 is 11.1. The van der Waals surface area contributed by atoms with Crippen LogP contribution in [0.15, 0.2) is 80.1 Å². The summed E-state index contributed by atoms with van der Waals surface area (Å²) in [6, 6.07) is 17.2. The lowest BCUT2D eigenvalue weighted by atomic mass is 9.94. The van der Waals surface area contributed by atoms with E-state index < -0.39 is 6.04 Å². The number of hydrogen-bond donors (Lipinski definition) is 0. The smallest absolute Gasteiger partial charge is 0.271 e. The first kappa shape index (κ1) is 28.8. The van der Waals surface area contributed by atoms with Crippen molar-refractivity contribution in [3.63, 3.8) is 0 Å². The van der Waals surface area contributed by atoms with Gasteiger partial charge in [0.05, 0.1) is 22.9 Å². The van der Waals surface area contributed by atoms with Crippen LogP contribution in [0.4, 0.5) is 0 Å². The zero-order valence-corrected chi connectivity index (χ0v) is 26.5. The maximum absolute atomic E-state index is 14.2. The van der Waals surface area contributed by atoms with Crippen LogP contribution in [0, 0.1) is 13.8 Å². The Hall–Kier alpha value is -3.69. The standard InChI is InChI=1S/C32H33BrN4O3S/c1-7-35(8-2)31(39)28-20(4)34-32-37(29(28)25-11-9-10-12-26(25)40-6)30(38)27(41-32)18-22-17-19(3)36(21(22)5)24-15-13-23(33)14-16-24/h9-18,29H,7-8H2,1-6H3/b27-18+/t29-/m1/s1. The van der Waals surface area contributed by atoms with E-state index in [1.165, 1.54) is 11.3 Å². The average Bonchev–Trinajstić information content (AvgIpc) is 3.42. The molecule has 0 unspecified atom stereocenters. The molecule has 1 atom stereocenters. The third kappa shape index (κ3) is 5.13. The number of methoxy groups -OCH3 is 1. The molecule has 0 bridgehead atoms. The summed E-state index contributed by atoms with van der Waals surface area (Å²) in [4.78, 5) is 35.2. The zero-order valence-electron chi connectivity index (χ0n) is 24.1. The molecule has 7 nitrogen and oxygen atoms in total. The molecular formula is C32H33BrN4O3S. The van der Waals surface area contributed by atoms with E-state index in [4.69, 9.17) is 9.73 Å². The molecular weight excluding hydrogens is 600 g/mol. The number of carbonyl (C=O) groups excluding carboxylic acids is 1. The Morgan fingerprint density at radius 1 is 1.10 bits per heavy atom. The van der Waals surface area contributed by atoms with Crippen LogP contribution in [-0.2, 0) is 4.79 Å². The molecule has 1 aliphatic heterocycles. The zero-order chi connectivity index (χ0) is 29.4. The second-order valence-electron chi connectivity index (χ2n) is 9.94. The number of aromatic nitrogens is 2. The molecule has 5 rings (SSSR count). The highest BCUT2D eigenvalue weighted by Gasteiger charge is 2.35. The monoisotopic (exact) mass is 632 g/mol. The second kappa shape index (κ2) is 11.7. The molecule has 0 spiro atoms. The molecule has 1 amide bonds. The molecule has 0 saturated carbocycles. The van der Waals surface area contributed by atoms with Crippen molar-refractivity contribution in [2.45, 2.75) is 40.7 Å². The van der Waals surface area contributed by atoms with Gasteiger partial charge in [-0.15, -0.1) is 0 Å². The number of aryl methyl sites for hydroxylation is 1. The predicted octanol–water partition coefficient (Wildman–Crippen LogP) is 5.28. The fraction of sp³-hybridized carbons (Fsp3) is 0.281. The molecule has 0 aliphatic carbocycles. The second-order valence-corrected chi connectivity index (χ2v) is 11.9. The highest BCUT2D eigenvalue weighted by atomic mass is 79.9. The largest absolute Gasteiger partial charge is 0.496 e. The number of amides is 1. The van der Waals surface area contributed by atoms with Crippen molar-refractivity contribution in [2.75, 3.05) is 20.2 Å². The average molecular weight is 634 g/mol. The van der Waals surface area contributed by atoms with Crippen molar-refractivity contribution >= 4 is 39.2 Å². The van der Waals surface area contributed by atoms with Crippen LogP contribution in [0.5, 0.6) is 5.75 Å². The van der Waals surface area contributed by atoms with Gasteiger partial charge < -0.3 is 14.2 Å². The first-order valence-electron chi connectivity index (χ1n) is 13.6. The number of fused-ring (bicyclic) bond motifs is 1. The minimum Gasteiger partial charge on any atom is -0.496 e. The topological polar surface area (TPSA) is 68.8 Å². The summed E-state index contributed by atoms with van der Waals surface area (Å²) in [6.45, 7) is 11.0. The molecule has 41 heavy (non-hydrogen) atoms. The van der Waals surface area contributed by atoms with Gasteiger partial charge in [-0.25, -0.2) is 4.99 Å². The SMILES string of the molecule is CCN(CC)C(=O)C1=C(C)N=c2s/c(=C/c3cc(C)n(-c4ccc(Br)cc4)c3C)c(=O)n2[C@@H]1c1ccccc1OC. The number of likely N-dealkylation sites (N-methyl/N-ethyl adjacent to an activating group) is 1. The van der Waals surface area contributed by atoms with Crippen LogP contribution >= 0.6 is 27.3 Å². The molecule has 9 heteroatoms. The van der Waals surface area contributed by atoms with E-state index >= 15 is 0 Å². The fourth-order valence-electron chi connectivity index (χ4n) is 5.53. The van der Waals surface area contributed by atoms with Gasteiger partial charge in [0.1, 0.15) is 11.8 Å². The van der Waals surface area contributed by atoms with Gasteiger partial charge in [-0.05, 0) is 82.7 Å². The van der Waals surface area contributed by atoms with Crippen LogP contribution in [0.2, 0.25) is 0 Å². The summed E-state index contributed by atoms with van der Waals surface area (Å²) in [5.41, 5.74) is 5.78. The number of para-hydroxylation sites is 1. The molecule has 0 fully saturated rings. The summed E-state index contributed by atoms with van der Waals surface area (Å²) >= 11 is 4.85. The third-order valence-electron chi connectivity index (χ3n) is 7.58. The van der Waals surface area contributed by atoms with Gasteiger partial charge in [0.15, 0.2) is 4.80 Å². The Kier molecular flexibility index (Phi) is 8.20. The Bertz CT molecular complexity index is 1840. The minimum absolute atomic E-state index is 0.125. The van der Waals surface area contributed by atoms with E-state index in [0.717, 1.165) is 32.7 Å². The number of thiazole rings is 1. The number of allylic oxidation sites excluding steroid dienone is 1. The van der Waals surface area contributed by atoms with Crippen molar-refractivity contribution < 1.29 is 9.53 Å². The molecule has 0 saturated heterocycles. The maximum Gasteiger partial charge on any atom is 0.271 e. The Balaban J connectivity index is 1.72. The van der Waals surface area contributed by atoms with Gasteiger partial charge in [0.2, 0.25) is 0 Å². The number of nitrogens with zero attached hydrogens (tertiary/aromatic N) is 4. The summed E-state index contributed by atoms with van der Waals surface area (Å²) in [6.07, 6.45) is 1.94. The number of rotatable bonds is 7. The van der Waals surface area contributed by atoms with Crippen molar-refractivity contribution in [1.82, 2.24) is 14.0 Å². The molecule has 2 aromatic heterocycles. The normalized spacial score (nSPS) is 15.1. The Labute approximate surface area is 251 Å². The molecule has 0 N–H and O–H groups in total. The van der Waals surface area contributed by atoms with Crippen molar-refractivity contribution in [3.05, 3.63) is 113 Å². The Morgan fingerprint density at radius 3 is 2.44 bits per heavy atom. The van der Waals surface area contributed by atoms with Crippen LogP contribution in [-0.4, -0.2) is 40.1 Å². The minimum atomic E-state index is -0.659. The van der Waals surface area contributed by atoms with Crippen LogP contribution in [0.1, 0.15) is 49.3 Å². The lowest BCUT2D eigenvalue weighted by Crippen LogP contribution is -2.43. The molecule has 3 heterocycles. The predicted molar refractivity (Wildman–Crippen MR) is 168 cm³/mol. The summed E-state index contributed by atoms with van der Waals surface area (Å²) in [7, 11) is 1.60. The van der Waals surface area contributed by atoms with Crippen LogP contribution in [0.25, 0.3) is 11.8 Å². The fourth-order valence-corrected chi connectivity index (χ4v) is 6.83.